The number of hydrogen-bond acceptors (Lipinski definition) is 4. The number of rotatable bonds is 5. The van der Waals surface area contributed by atoms with Gasteiger partial charge >= 0.3 is 0 Å². The second-order valence-corrected chi connectivity index (χ2v) is 5.90. The maximum atomic E-state index is 4.39. The maximum absolute atomic E-state index is 4.39. The van der Waals surface area contributed by atoms with Crippen molar-refractivity contribution in [1.29, 1.82) is 0 Å². The maximum Gasteiger partial charge on any atom is 0.148 e. The Morgan fingerprint density at radius 1 is 1.16 bits per heavy atom. The van der Waals surface area contributed by atoms with Crippen molar-refractivity contribution in [3.8, 4) is 0 Å². The molecule has 104 valence electrons. The van der Waals surface area contributed by atoms with E-state index in [-0.39, 0.29) is 0 Å². The van der Waals surface area contributed by atoms with E-state index in [9.17, 15) is 0 Å². The molecule has 0 amide bonds. The van der Waals surface area contributed by atoms with Gasteiger partial charge in [-0.3, -0.25) is 0 Å². The normalized spacial score (nSPS) is 23.9. The van der Waals surface area contributed by atoms with Crippen molar-refractivity contribution in [2.24, 2.45) is 5.92 Å². The Labute approximate surface area is 115 Å². The van der Waals surface area contributed by atoms with Gasteiger partial charge in [-0.15, -0.1) is 5.10 Å². The quantitative estimate of drug-likeness (QED) is 0.854. The molecule has 1 unspecified atom stereocenters. The summed E-state index contributed by atoms with van der Waals surface area (Å²) in [7, 11) is 0. The highest BCUT2D eigenvalue weighted by Crippen LogP contribution is 2.32. The van der Waals surface area contributed by atoms with Crippen LogP contribution in [0.2, 0.25) is 0 Å². The summed E-state index contributed by atoms with van der Waals surface area (Å²) >= 11 is 0. The van der Waals surface area contributed by atoms with Gasteiger partial charge in [0.2, 0.25) is 0 Å². The van der Waals surface area contributed by atoms with Crippen molar-refractivity contribution in [3.05, 3.63) is 17.8 Å². The van der Waals surface area contributed by atoms with Gasteiger partial charge in [-0.2, -0.15) is 5.10 Å². The lowest BCUT2D eigenvalue weighted by molar-refractivity contribution is 0.548. The van der Waals surface area contributed by atoms with E-state index >= 15 is 0 Å². The lowest BCUT2D eigenvalue weighted by Gasteiger charge is -2.11. The zero-order chi connectivity index (χ0) is 12.9. The van der Waals surface area contributed by atoms with Crippen LogP contribution in [-0.2, 0) is 0 Å². The smallest absolute Gasteiger partial charge is 0.148 e. The highest BCUT2D eigenvalue weighted by Gasteiger charge is 2.18. The van der Waals surface area contributed by atoms with Gasteiger partial charge < -0.3 is 10.6 Å². The monoisotopic (exact) mass is 260 g/mol. The molecule has 1 aliphatic heterocycles. The fraction of sp³-hybridized carbons (Fsp3) is 0.733. The molecule has 3 rings (SSSR count). The Kier molecular flexibility index (Phi) is 4.28. The number of hydrogen-bond donors (Lipinski definition) is 2. The van der Waals surface area contributed by atoms with E-state index < -0.39 is 0 Å². The number of nitrogens with one attached hydrogen (secondary N) is 2. The zero-order valence-electron chi connectivity index (χ0n) is 11.6. The van der Waals surface area contributed by atoms with E-state index in [0.717, 1.165) is 18.3 Å². The second-order valence-electron chi connectivity index (χ2n) is 5.90. The minimum absolute atomic E-state index is 0.658. The first-order valence-corrected chi connectivity index (χ1v) is 7.70. The van der Waals surface area contributed by atoms with Gasteiger partial charge in [0.25, 0.3) is 0 Å². The molecular weight excluding hydrogens is 236 g/mol. The van der Waals surface area contributed by atoms with Crippen LogP contribution in [0, 0.1) is 5.92 Å². The Hall–Kier alpha value is -1.16. The summed E-state index contributed by atoms with van der Waals surface area (Å²) in [5.74, 6) is 2.41. The zero-order valence-corrected chi connectivity index (χ0v) is 11.6. The van der Waals surface area contributed by atoms with Crippen LogP contribution < -0.4 is 10.6 Å². The van der Waals surface area contributed by atoms with Crippen molar-refractivity contribution in [1.82, 2.24) is 15.5 Å². The Morgan fingerprint density at radius 3 is 2.74 bits per heavy atom. The molecule has 2 aliphatic rings. The molecule has 2 N–H and O–H groups in total. The van der Waals surface area contributed by atoms with Crippen LogP contribution >= 0.6 is 0 Å². The van der Waals surface area contributed by atoms with Gasteiger partial charge in [0.1, 0.15) is 5.82 Å². The summed E-state index contributed by atoms with van der Waals surface area (Å²) in [6.07, 6.45) is 7.81. The van der Waals surface area contributed by atoms with Crippen LogP contribution in [0.3, 0.4) is 0 Å². The highest BCUT2D eigenvalue weighted by atomic mass is 15.2. The standard InChI is InChI=1S/C15H24N4/c1-2-4-13(3-1)14-5-6-15(19-18-14)17-10-8-12-7-9-16-11-12/h5-6,12-13,16H,1-4,7-11H2,(H,17,19). The molecule has 1 atom stereocenters. The van der Waals surface area contributed by atoms with Crippen molar-refractivity contribution in [2.75, 3.05) is 25.0 Å². The molecule has 1 aromatic heterocycles. The van der Waals surface area contributed by atoms with Crippen LogP contribution in [0.4, 0.5) is 5.82 Å². The molecule has 4 nitrogen and oxygen atoms in total. The summed E-state index contributed by atoms with van der Waals surface area (Å²) in [5.41, 5.74) is 1.18. The molecule has 19 heavy (non-hydrogen) atoms. The van der Waals surface area contributed by atoms with Crippen molar-refractivity contribution >= 4 is 5.82 Å². The van der Waals surface area contributed by atoms with Crippen LogP contribution in [0.1, 0.15) is 50.1 Å². The van der Waals surface area contributed by atoms with Crippen LogP contribution in [-0.4, -0.2) is 29.8 Å². The summed E-state index contributed by atoms with van der Waals surface area (Å²) in [6.45, 7) is 3.36. The summed E-state index contributed by atoms with van der Waals surface area (Å²) < 4.78 is 0. The highest BCUT2D eigenvalue weighted by molar-refractivity contribution is 5.33. The third kappa shape index (κ3) is 3.44. The average molecular weight is 260 g/mol. The molecule has 2 heterocycles. The largest absolute Gasteiger partial charge is 0.369 e. The van der Waals surface area contributed by atoms with E-state index in [1.807, 2.05) is 0 Å². The van der Waals surface area contributed by atoms with Crippen molar-refractivity contribution < 1.29 is 0 Å². The van der Waals surface area contributed by atoms with Crippen LogP contribution in [0.5, 0.6) is 0 Å². The summed E-state index contributed by atoms with van der Waals surface area (Å²) in [6, 6.07) is 4.25. The third-order valence-corrected chi connectivity index (χ3v) is 4.48. The fourth-order valence-electron chi connectivity index (χ4n) is 3.24. The van der Waals surface area contributed by atoms with Crippen molar-refractivity contribution in [3.63, 3.8) is 0 Å². The Morgan fingerprint density at radius 2 is 2.05 bits per heavy atom. The Balaban J connectivity index is 1.45. The molecule has 0 aromatic carbocycles. The molecule has 0 radical (unpaired) electrons. The second kappa shape index (κ2) is 6.33. The molecule has 0 bridgehead atoms. The van der Waals surface area contributed by atoms with E-state index in [4.69, 9.17) is 0 Å². The summed E-state index contributed by atoms with van der Waals surface area (Å²) in [4.78, 5) is 0. The molecular formula is C15H24N4. The fourth-order valence-corrected chi connectivity index (χ4v) is 3.24. The minimum atomic E-state index is 0.658. The average Bonchev–Trinajstić information content (AvgIpc) is 3.13. The van der Waals surface area contributed by atoms with Gasteiger partial charge in [-0.05, 0) is 56.8 Å². The first-order chi connectivity index (χ1) is 9.42. The number of nitrogens with zero attached hydrogens (tertiary/aromatic N) is 2. The first-order valence-electron chi connectivity index (χ1n) is 7.70. The Bertz CT molecular complexity index is 378. The molecule has 1 saturated heterocycles. The molecule has 1 aromatic rings. The van der Waals surface area contributed by atoms with E-state index in [1.54, 1.807) is 0 Å². The van der Waals surface area contributed by atoms with Crippen LogP contribution in [0.15, 0.2) is 12.1 Å². The number of anilines is 1. The molecule has 0 spiro atoms. The predicted molar refractivity (Wildman–Crippen MR) is 77.3 cm³/mol. The van der Waals surface area contributed by atoms with E-state index in [0.29, 0.717) is 5.92 Å². The SMILES string of the molecule is c1cc(C2CCCC2)nnc1NCCC1CCNC1. The van der Waals surface area contributed by atoms with Crippen molar-refractivity contribution in [2.45, 2.75) is 44.4 Å². The lowest BCUT2D eigenvalue weighted by atomic mass is 10.0. The molecule has 1 saturated carbocycles. The lowest BCUT2D eigenvalue weighted by Crippen LogP contribution is -2.13. The predicted octanol–water partition coefficient (Wildman–Crippen LogP) is 2.55. The van der Waals surface area contributed by atoms with Gasteiger partial charge in [0.15, 0.2) is 0 Å². The molecule has 4 heteroatoms. The van der Waals surface area contributed by atoms with E-state index in [1.165, 1.54) is 57.3 Å². The van der Waals surface area contributed by atoms with Crippen LogP contribution in [0.25, 0.3) is 0 Å². The van der Waals surface area contributed by atoms with Gasteiger partial charge in [0.05, 0.1) is 5.69 Å². The first kappa shape index (κ1) is 12.9. The van der Waals surface area contributed by atoms with Gasteiger partial charge in [-0.1, -0.05) is 12.8 Å². The van der Waals surface area contributed by atoms with E-state index in [2.05, 4.69) is 33.0 Å². The van der Waals surface area contributed by atoms with Gasteiger partial charge in [0, 0.05) is 12.5 Å². The topological polar surface area (TPSA) is 49.8 Å². The number of aromatic nitrogens is 2. The summed E-state index contributed by atoms with van der Waals surface area (Å²) in [5, 5.41) is 15.5. The third-order valence-electron chi connectivity index (χ3n) is 4.48. The van der Waals surface area contributed by atoms with Gasteiger partial charge in [-0.25, -0.2) is 0 Å². The minimum Gasteiger partial charge on any atom is -0.369 e. The molecule has 1 aliphatic carbocycles. The molecule has 2 fully saturated rings.